The van der Waals surface area contributed by atoms with Crippen LogP contribution >= 0.6 is 0 Å². The fourth-order valence-corrected chi connectivity index (χ4v) is 2.47. The molecule has 2 radical (unpaired) electrons. The molecule has 0 nitrogen and oxygen atoms in total. The van der Waals surface area contributed by atoms with Gasteiger partial charge in [-0.05, 0) is 35.1 Å². The highest BCUT2D eigenvalue weighted by Crippen LogP contribution is 2.19. The molecule has 0 unspecified atom stereocenters. The van der Waals surface area contributed by atoms with Gasteiger partial charge in [0.1, 0.15) is 7.85 Å². The van der Waals surface area contributed by atoms with E-state index in [9.17, 15) is 0 Å². The Morgan fingerprint density at radius 2 is 1.00 bits per heavy atom. The molecule has 0 aliphatic rings. The molecule has 3 aromatic rings. The molecule has 0 N–H and O–H groups in total. The minimum Gasteiger partial charge on any atom is -0.0966 e. The maximum atomic E-state index is 5.72. The highest BCUT2D eigenvalue weighted by molar-refractivity contribution is 6.32. The molecule has 0 spiro atoms. The number of benzene rings is 3. The summed E-state index contributed by atoms with van der Waals surface area (Å²) in [6, 6.07) is 27.4. The second kappa shape index (κ2) is 6.45. The summed E-state index contributed by atoms with van der Waals surface area (Å²) in [6.07, 6.45) is 2.16. The molecule has 21 heavy (non-hydrogen) atoms. The Kier molecular flexibility index (Phi) is 4.21. The molecule has 0 heterocycles. The lowest BCUT2D eigenvalue weighted by Gasteiger charge is -2.05. The molecule has 0 aromatic heterocycles. The highest BCUT2D eigenvalue weighted by atomic mass is 14.0. The van der Waals surface area contributed by atoms with Crippen molar-refractivity contribution < 1.29 is 0 Å². The molecule has 0 bridgehead atoms. The zero-order chi connectivity index (χ0) is 14.5. The van der Waals surface area contributed by atoms with E-state index in [0.29, 0.717) is 0 Å². The third kappa shape index (κ3) is 3.63. The number of aryl methyl sites for hydroxylation is 2. The zero-order valence-corrected chi connectivity index (χ0v) is 12.0. The number of rotatable bonds is 4. The summed E-state index contributed by atoms with van der Waals surface area (Å²) in [5.74, 6) is 0. The SMILES string of the molecule is [B]c1ccc(-c2ccc(CCc3ccccc3)cc2)cc1. The molecule has 0 saturated carbocycles. The fourth-order valence-electron chi connectivity index (χ4n) is 2.47. The Balaban J connectivity index is 1.68. The van der Waals surface area contributed by atoms with E-state index in [4.69, 9.17) is 7.85 Å². The molecule has 0 aliphatic carbocycles. The molecule has 0 amide bonds. The van der Waals surface area contributed by atoms with Crippen molar-refractivity contribution >= 4 is 13.3 Å². The predicted molar refractivity (Wildman–Crippen MR) is 91.1 cm³/mol. The minimum absolute atomic E-state index is 0.804. The molecular formula is C20H17B. The summed E-state index contributed by atoms with van der Waals surface area (Å²) in [6.45, 7) is 0. The van der Waals surface area contributed by atoms with Crippen LogP contribution in [0.1, 0.15) is 11.1 Å². The Morgan fingerprint density at radius 1 is 0.524 bits per heavy atom. The molecule has 0 aliphatic heterocycles. The normalized spacial score (nSPS) is 10.5. The Labute approximate surface area is 127 Å². The summed E-state index contributed by atoms with van der Waals surface area (Å²) in [4.78, 5) is 0. The predicted octanol–water partition coefficient (Wildman–Crippen LogP) is 3.93. The van der Waals surface area contributed by atoms with Gasteiger partial charge in [-0.25, -0.2) is 0 Å². The van der Waals surface area contributed by atoms with Crippen molar-refractivity contribution in [2.45, 2.75) is 12.8 Å². The molecule has 0 saturated heterocycles. The summed E-state index contributed by atoms with van der Waals surface area (Å²) < 4.78 is 0. The van der Waals surface area contributed by atoms with Crippen molar-refractivity contribution in [1.82, 2.24) is 0 Å². The largest absolute Gasteiger partial charge is 0.113 e. The Hall–Kier alpha value is -2.28. The maximum absolute atomic E-state index is 5.72. The van der Waals surface area contributed by atoms with Gasteiger partial charge in [0.15, 0.2) is 0 Å². The smallest absolute Gasteiger partial charge is 0.0966 e. The first-order valence-electron chi connectivity index (χ1n) is 7.30. The van der Waals surface area contributed by atoms with Crippen molar-refractivity contribution in [1.29, 1.82) is 0 Å². The highest BCUT2D eigenvalue weighted by Gasteiger charge is 1.99. The third-order valence-corrected chi connectivity index (χ3v) is 3.74. The second-order valence-corrected chi connectivity index (χ2v) is 5.30. The van der Waals surface area contributed by atoms with Crippen LogP contribution in [0.2, 0.25) is 0 Å². The van der Waals surface area contributed by atoms with E-state index in [1.54, 1.807) is 0 Å². The summed E-state index contributed by atoms with van der Waals surface area (Å²) in [5, 5.41) is 0. The third-order valence-electron chi connectivity index (χ3n) is 3.74. The van der Waals surface area contributed by atoms with Gasteiger partial charge in [0.25, 0.3) is 0 Å². The first-order valence-corrected chi connectivity index (χ1v) is 7.30. The second-order valence-electron chi connectivity index (χ2n) is 5.30. The lowest BCUT2D eigenvalue weighted by Crippen LogP contribution is -1.99. The van der Waals surface area contributed by atoms with Crippen molar-refractivity contribution in [3.8, 4) is 11.1 Å². The van der Waals surface area contributed by atoms with Gasteiger partial charge in [-0.2, -0.15) is 0 Å². The molecule has 3 aromatic carbocycles. The first kappa shape index (κ1) is 13.7. The average molecular weight is 268 g/mol. The van der Waals surface area contributed by atoms with E-state index < -0.39 is 0 Å². The molecule has 3 rings (SSSR count). The number of hydrogen-bond donors (Lipinski definition) is 0. The quantitative estimate of drug-likeness (QED) is 0.629. The lowest BCUT2D eigenvalue weighted by molar-refractivity contribution is 0.960. The number of hydrogen-bond acceptors (Lipinski definition) is 0. The summed E-state index contributed by atoms with van der Waals surface area (Å²) >= 11 is 0. The van der Waals surface area contributed by atoms with E-state index in [2.05, 4.69) is 66.7 Å². The molecule has 0 atom stereocenters. The van der Waals surface area contributed by atoms with E-state index in [0.717, 1.165) is 18.3 Å². The average Bonchev–Trinajstić information content (AvgIpc) is 2.55. The Morgan fingerprint density at radius 3 is 1.57 bits per heavy atom. The van der Waals surface area contributed by atoms with Gasteiger partial charge in [-0.3, -0.25) is 0 Å². The summed E-state index contributed by atoms with van der Waals surface area (Å²) in [5.41, 5.74) is 6.01. The molecule has 1 heteroatoms. The van der Waals surface area contributed by atoms with Crippen LogP contribution in [-0.4, -0.2) is 7.85 Å². The fraction of sp³-hybridized carbons (Fsp3) is 0.100. The zero-order valence-electron chi connectivity index (χ0n) is 12.0. The minimum atomic E-state index is 0.804. The van der Waals surface area contributed by atoms with Crippen LogP contribution < -0.4 is 5.46 Å². The monoisotopic (exact) mass is 268 g/mol. The van der Waals surface area contributed by atoms with Gasteiger partial charge in [0.2, 0.25) is 0 Å². The first-order chi connectivity index (χ1) is 10.3. The molecule has 100 valence electrons. The van der Waals surface area contributed by atoms with E-state index in [1.165, 1.54) is 22.3 Å². The van der Waals surface area contributed by atoms with Crippen LogP contribution in [0.15, 0.2) is 78.9 Å². The Bertz CT molecular complexity index is 682. The van der Waals surface area contributed by atoms with Gasteiger partial charge in [0, 0.05) is 0 Å². The van der Waals surface area contributed by atoms with Crippen molar-refractivity contribution in [3.05, 3.63) is 90.0 Å². The topological polar surface area (TPSA) is 0 Å². The van der Waals surface area contributed by atoms with Gasteiger partial charge in [0.05, 0.1) is 0 Å². The van der Waals surface area contributed by atoms with Gasteiger partial charge in [-0.15, -0.1) is 0 Å². The van der Waals surface area contributed by atoms with Crippen LogP contribution in [0, 0.1) is 0 Å². The van der Waals surface area contributed by atoms with Gasteiger partial charge >= 0.3 is 0 Å². The summed E-state index contributed by atoms with van der Waals surface area (Å²) in [7, 11) is 5.72. The van der Waals surface area contributed by atoms with E-state index >= 15 is 0 Å². The van der Waals surface area contributed by atoms with Crippen LogP contribution in [0.4, 0.5) is 0 Å². The van der Waals surface area contributed by atoms with Crippen LogP contribution in [0.25, 0.3) is 11.1 Å². The maximum Gasteiger partial charge on any atom is 0.113 e. The van der Waals surface area contributed by atoms with Crippen LogP contribution in [0.3, 0.4) is 0 Å². The van der Waals surface area contributed by atoms with Crippen LogP contribution in [0.5, 0.6) is 0 Å². The standard InChI is InChI=1S/C20H17B/c21-20-14-12-19(13-15-20)18-10-8-17(9-11-18)7-6-16-4-2-1-3-5-16/h1-5,8-15H,6-7H2. The molecule has 0 fully saturated rings. The van der Waals surface area contributed by atoms with Crippen molar-refractivity contribution in [3.63, 3.8) is 0 Å². The molecular weight excluding hydrogens is 251 g/mol. The van der Waals surface area contributed by atoms with Crippen LogP contribution in [-0.2, 0) is 12.8 Å². The van der Waals surface area contributed by atoms with Gasteiger partial charge < -0.3 is 0 Å². The van der Waals surface area contributed by atoms with Crippen molar-refractivity contribution in [2.24, 2.45) is 0 Å². The van der Waals surface area contributed by atoms with Gasteiger partial charge in [-0.1, -0.05) is 84.3 Å². The van der Waals surface area contributed by atoms with E-state index in [-0.39, 0.29) is 0 Å². The van der Waals surface area contributed by atoms with E-state index in [1.807, 2.05) is 12.1 Å². The van der Waals surface area contributed by atoms with Crippen molar-refractivity contribution in [2.75, 3.05) is 0 Å². The lowest BCUT2D eigenvalue weighted by atomic mass is 9.93.